The Balaban J connectivity index is 2.34. The first-order valence-corrected chi connectivity index (χ1v) is 6.43. The van der Waals surface area contributed by atoms with Crippen LogP contribution in [0, 0.1) is 10.1 Å². The van der Waals surface area contributed by atoms with Crippen LogP contribution in [0.3, 0.4) is 0 Å². The highest BCUT2D eigenvalue weighted by Gasteiger charge is 2.15. The van der Waals surface area contributed by atoms with E-state index in [1.807, 2.05) is 6.92 Å². The summed E-state index contributed by atoms with van der Waals surface area (Å²) < 4.78 is 1.40. The molecule has 1 N–H and O–H groups in total. The lowest BCUT2D eigenvalue weighted by atomic mass is 10.3. The highest BCUT2D eigenvalue weighted by Crippen LogP contribution is 2.25. The first-order valence-electron chi connectivity index (χ1n) is 6.05. The normalized spacial score (nSPS) is 10.7. The smallest absolute Gasteiger partial charge is 0.271 e. The molecule has 2 aromatic rings. The Bertz CT molecular complexity index is 615. The lowest BCUT2D eigenvalue weighted by Crippen LogP contribution is -2.17. The summed E-state index contributed by atoms with van der Waals surface area (Å²) in [5.74, 6) is 0.542. The second-order valence-electron chi connectivity index (χ2n) is 4.08. The number of tetrazole rings is 1. The summed E-state index contributed by atoms with van der Waals surface area (Å²) in [4.78, 5) is 10.3. The van der Waals surface area contributed by atoms with Gasteiger partial charge < -0.3 is 5.32 Å². The molecule has 1 aromatic heterocycles. The Morgan fingerprint density at radius 1 is 1.50 bits per heavy atom. The number of halogens is 1. The maximum absolute atomic E-state index is 10.8. The third-order valence-electron chi connectivity index (χ3n) is 2.61. The quantitative estimate of drug-likeness (QED) is 0.495. The van der Waals surface area contributed by atoms with Gasteiger partial charge in [0.25, 0.3) is 5.69 Å². The van der Waals surface area contributed by atoms with Gasteiger partial charge in [-0.15, -0.1) is 5.10 Å². The fraction of sp³-hybridized carbons (Fsp3) is 0.364. The highest BCUT2D eigenvalue weighted by molar-refractivity contribution is 6.32. The molecule has 106 valence electrons. The van der Waals surface area contributed by atoms with Crippen LogP contribution in [0.2, 0.25) is 5.02 Å². The molecule has 0 saturated heterocycles. The van der Waals surface area contributed by atoms with Gasteiger partial charge in [0.2, 0.25) is 0 Å². The maximum Gasteiger partial charge on any atom is 0.271 e. The molecule has 0 saturated carbocycles. The number of nitro benzene ring substituents is 1. The second kappa shape index (κ2) is 6.40. The lowest BCUT2D eigenvalue weighted by Gasteiger charge is -2.07. The van der Waals surface area contributed by atoms with Crippen molar-refractivity contribution in [1.82, 2.24) is 25.5 Å². The molecule has 8 nitrogen and oxygen atoms in total. The zero-order chi connectivity index (χ0) is 14.5. The Kier molecular flexibility index (Phi) is 4.59. The molecule has 2 rings (SSSR count). The van der Waals surface area contributed by atoms with Crippen molar-refractivity contribution in [3.05, 3.63) is 39.2 Å². The summed E-state index contributed by atoms with van der Waals surface area (Å²) in [6.45, 7) is 3.34. The van der Waals surface area contributed by atoms with Crippen molar-refractivity contribution in [1.29, 1.82) is 0 Å². The molecule has 0 bridgehead atoms. The molecule has 0 aliphatic heterocycles. The largest absolute Gasteiger partial charge is 0.310 e. The van der Waals surface area contributed by atoms with Crippen molar-refractivity contribution >= 4 is 17.3 Å². The van der Waals surface area contributed by atoms with Crippen LogP contribution < -0.4 is 5.32 Å². The van der Waals surface area contributed by atoms with Gasteiger partial charge in [-0.2, -0.15) is 4.68 Å². The Morgan fingerprint density at radius 2 is 2.30 bits per heavy atom. The molecule has 20 heavy (non-hydrogen) atoms. The molecule has 0 fully saturated rings. The van der Waals surface area contributed by atoms with Crippen molar-refractivity contribution in [2.75, 3.05) is 6.54 Å². The Morgan fingerprint density at radius 3 is 3.00 bits per heavy atom. The summed E-state index contributed by atoms with van der Waals surface area (Å²) in [6, 6.07) is 4.15. The first kappa shape index (κ1) is 14.4. The predicted molar refractivity (Wildman–Crippen MR) is 72.8 cm³/mol. The predicted octanol–water partition coefficient (Wildman–Crippen LogP) is 1.72. The van der Waals surface area contributed by atoms with Gasteiger partial charge in [-0.25, -0.2) is 0 Å². The minimum absolute atomic E-state index is 0.0626. The van der Waals surface area contributed by atoms with E-state index in [9.17, 15) is 10.1 Å². The first-order chi connectivity index (χ1) is 9.63. The summed E-state index contributed by atoms with van der Waals surface area (Å²) in [7, 11) is 0. The van der Waals surface area contributed by atoms with Gasteiger partial charge >= 0.3 is 0 Å². The van der Waals surface area contributed by atoms with Crippen LogP contribution in [-0.4, -0.2) is 31.7 Å². The molecule has 0 aliphatic carbocycles. The Labute approximate surface area is 119 Å². The standard InChI is InChI=1S/C11H13ClN6O2/c1-2-5-13-7-11-14-15-16-17(11)10-6-8(18(19)20)3-4-9(10)12/h3-4,6,13H,2,5,7H2,1H3. The summed E-state index contributed by atoms with van der Waals surface area (Å²) >= 11 is 6.07. The van der Waals surface area contributed by atoms with E-state index >= 15 is 0 Å². The lowest BCUT2D eigenvalue weighted by molar-refractivity contribution is -0.384. The number of hydrogen-bond acceptors (Lipinski definition) is 6. The minimum Gasteiger partial charge on any atom is -0.310 e. The number of benzene rings is 1. The van der Waals surface area contributed by atoms with Crippen LogP contribution in [0.5, 0.6) is 0 Å². The number of aromatic nitrogens is 4. The van der Waals surface area contributed by atoms with Gasteiger partial charge in [-0.3, -0.25) is 10.1 Å². The molecular formula is C11H13ClN6O2. The fourth-order valence-corrected chi connectivity index (χ4v) is 1.85. The molecule has 0 spiro atoms. The average Bonchev–Trinajstić information content (AvgIpc) is 2.87. The third kappa shape index (κ3) is 3.09. The molecule has 0 atom stereocenters. The monoisotopic (exact) mass is 296 g/mol. The SMILES string of the molecule is CCCNCc1nnnn1-c1cc([N+](=O)[O-])ccc1Cl. The topological polar surface area (TPSA) is 98.8 Å². The van der Waals surface area contributed by atoms with Crippen LogP contribution in [0.15, 0.2) is 18.2 Å². The van der Waals surface area contributed by atoms with Crippen molar-refractivity contribution in [3.63, 3.8) is 0 Å². The van der Waals surface area contributed by atoms with E-state index in [1.165, 1.54) is 22.9 Å². The van der Waals surface area contributed by atoms with Gasteiger partial charge in [0.15, 0.2) is 5.82 Å². The van der Waals surface area contributed by atoms with Crippen molar-refractivity contribution < 1.29 is 4.92 Å². The van der Waals surface area contributed by atoms with E-state index < -0.39 is 4.92 Å². The fourth-order valence-electron chi connectivity index (χ4n) is 1.66. The van der Waals surface area contributed by atoms with E-state index in [4.69, 9.17) is 11.6 Å². The number of hydrogen-bond donors (Lipinski definition) is 1. The minimum atomic E-state index is -0.487. The molecule has 0 aliphatic rings. The molecular weight excluding hydrogens is 284 g/mol. The molecule has 1 aromatic carbocycles. The number of nitrogens with zero attached hydrogens (tertiary/aromatic N) is 5. The number of rotatable bonds is 6. The molecule has 1 heterocycles. The zero-order valence-electron chi connectivity index (χ0n) is 10.8. The molecule has 0 radical (unpaired) electrons. The van der Waals surface area contributed by atoms with E-state index in [-0.39, 0.29) is 5.69 Å². The average molecular weight is 297 g/mol. The van der Waals surface area contributed by atoms with Crippen LogP contribution in [0.25, 0.3) is 5.69 Å². The summed E-state index contributed by atoms with van der Waals surface area (Å²) in [6.07, 6.45) is 0.985. The third-order valence-corrected chi connectivity index (χ3v) is 2.93. The van der Waals surface area contributed by atoms with Crippen molar-refractivity contribution in [2.45, 2.75) is 19.9 Å². The van der Waals surface area contributed by atoms with E-state index in [2.05, 4.69) is 20.8 Å². The van der Waals surface area contributed by atoms with E-state index in [0.717, 1.165) is 13.0 Å². The van der Waals surface area contributed by atoms with Crippen molar-refractivity contribution in [3.8, 4) is 5.69 Å². The van der Waals surface area contributed by atoms with Gasteiger partial charge in [-0.05, 0) is 29.5 Å². The van der Waals surface area contributed by atoms with Gasteiger partial charge in [-0.1, -0.05) is 18.5 Å². The van der Waals surface area contributed by atoms with Crippen LogP contribution in [0.1, 0.15) is 19.2 Å². The summed E-state index contributed by atoms with van der Waals surface area (Å²) in [5.41, 5.74) is 0.325. The van der Waals surface area contributed by atoms with E-state index in [1.54, 1.807) is 0 Å². The maximum atomic E-state index is 10.8. The highest BCUT2D eigenvalue weighted by atomic mass is 35.5. The second-order valence-corrected chi connectivity index (χ2v) is 4.48. The van der Waals surface area contributed by atoms with Crippen LogP contribution in [-0.2, 0) is 6.54 Å². The number of nitrogens with one attached hydrogen (secondary N) is 1. The van der Waals surface area contributed by atoms with Gasteiger partial charge in [0.05, 0.1) is 22.2 Å². The number of nitro groups is 1. The Hall–Kier alpha value is -2.06. The van der Waals surface area contributed by atoms with Crippen molar-refractivity contribution in [2.24, 2.45) is 0 Å². The van der Waals surface area contributed by atoms with Gasteiger partial charge in [0.1, 0.15) is 0 Å². The molecule has 9 heteroatoms. The zero-order valence-corrected chi connectivity index (χ0v) is 11.5. The van der Waals surface area contributed by atoms with Gasteiger partial charge in [0, 0.05) is 12.1 Å². The molecule has 0 unspecified atom stereocenters. The van der Waals surface area contributed by atoms with Crippen LogP contribution in [0.4, 0.5) is 5.69 Å². The number of non-ortho nitro benzene ring substituents is 1. The summed E-state index contributed by atoms with van der Waals surface area (Å²) in [5, 5.41) is 25.6. The van der Waals surface area contributed by atoms with E-state index in [0.29, 0.717) is 23.1 Å². The van der Waals surface area contributed by atoms with Crippen LogP contribution >= 0.6 is 11.6 Å². The molecule has 0 amide bonds.